The molecule has 0 saturated heterocycles. The zero-order valence-electron chi connectivity index (χ0n) is 16.3. The molecule has 0 radical (unpaired) electrons. The van der Waals surface area contributed by atoms with Crippen molar-refractivity contribution in [3.8, 4) is 0 Å². The van der Waals surface area contributed by atoms with Gasteiger partial charge in [-0.15, -0.1) is 0 Å². The first-order chi connectivity index (χ1) is 14.5. The second-order valence-corrected chi connectivity index (χ2v) is 6.35. The van der Waals surface area contributed by atoms with Gasteiger partial charge in [0, 0.05) is 0 Å². The summed E-state index contributed by atoms with van der Waals surface area (Å²) in [5.74, 6) is -0.816. The number of carbonyl (C=O) groups excluding carboxylic acids is 3. The van der Waals surface area contributed by atoms with Gasteiger partial charge in [-0.3, -0.25) is 0 Å². The number of nitrogens with two attached hydrogens (primary N) is 2. The fourth-order valence-electron chi connectivity index (χ4n) is 2.68. The summed E-state index contributed by atoms with van der Waals surface area (Å²) in [5, 5.41) is 0. The van der Waals surface area contributed by atoms with Gasteiger partial charge in [-0.05, 0) is 11.1 Å². The summed E-state index contributed by atoms with van der Waals surface area (Å²) in [6, 6.07) is 18.2. The molecule has 0 saturated carbocycles. The van der Waals surface area contributed by atoms with Gasteiger partial charge in [0.1, 0.15) is 26.4 Å². The van der Waals surface area contributed by atoms with E-state index < -0.39 is 30.2 Å². The largest absolute Gasteiger partial charge is 0.508 e. The average Bonchev–Trinajstić information content (AvgIpc) is 2.74. The Bertz CT molecular complexity index is 747. The number of amides is 2. The van der Waals surface area contributed by atoms with Crippen LogP contribution in [0.4, 0.5) is 14.4 Å². The Morgan fingerprint density at radius 3 is 1.27 bits per heavy atom. The van der Waals surface area contributed by atoms with E-state index in [0.717, 1.165) is 11.1 Å². The molecule has 0 aliphatic carbocycles. The molecular formula is C21H24N2O7. The van der Waals surface area contributed by atoms with Crippen LogP contribution in [0.2, 0.25) is 0 Å². The van der Waals surface area contributed by atoms with Gasteiger partial charge in [0.05, 0.1) is 11.8 Å². The average molecular weight is 416 g/mol. The maximum absolute atomic E-state index is 12.1. The molecule has 0 aliphatic heterocycles. The van der Waals surface area contributed by atoms with E-state index in [9.17, 15) is 14.4 Å². The van der Waals surface area contributed by atoms with Gasteiger partial charge in [-0.25, -0.2) is 14.4 Å². The van der Waals surface area contributed by atoms with Crippen molar-refractivity contribution in [3.63, 3.8) is 0 Å². The van der Waals surface area contributed by atoms with Gasteiger partial charge in [0.15, 0.2) is 0 Å². The molecule has 2 aromatic carbocycles. The quantitative estimate of drug-likeness (QED) is 0.448. The topological polar surface area (TPSA) is 140 Å². The van der Waals surface area contributed by atoms with Gasteiger partial charge in [-0.1, -0.05) is 60.7 Å². The summed E-state index contributed by atoms with van der Waals surface area (Å²) in [6.07, 6.45) is -2.74. The van der Waals surface area contributed by atoms with Gasteiger partial charge in [0.25, 0.3) is 0 Å². The zero-order chi connectivity index (χ0) is 21.8. The molecule has 2 aromatic rings. The molecule has 2 unspecified atom stereocenters. The predicted octanol–water partition coefficient (Wildman–Crippen LogP) is 2.90. The van der Waals surface area contributed by atoms with Crippen LogP contribution in [0.1, 0.15) is 23.0 Å². The predicted molar refractivity (Wildman–Crippen MR) is 107 cm³/mol. The highest BCUT2D eigenvalue weighted by Crippen LogP contribution is 2.19. The highest BCUT2D eigenvalue weighted by Gasteiger charge is 2.19. The Morgan fingerprint density at radius 2 is 0.933 bits per heavy atom. The summed E-state index contributed by atoms with van der Waals surface area (Å²) in [6.45, 7) is -0.259. The first kappa shape index (κ1) is 22.5. The minimum absolute atomic E-state index is 0.0499. The Morgan fingerprint density at radius 1 is 0.600 bits per heavy atom. The molecule has 9 nitrogen and oxygen atoms in total. The minimum Gasteiger partial charge on any atom is -0.449 e. The molecule has 0 bridgehead atoms. The summed E-state index contributed by atoms with van der Waals surface area (Å²) >= 11 is 0. The van der Waals surface area contributed by atoms with Gasteiger partial charge >= 0.3 is 18.3 Å². The van der Waals surface area contributed by atoms with Crippen molar-refractivity contribution >= 4 is 18.3 Å². The van der Waals surface area contributed by atoms with Crippen molar-refractivity contribution in [2.75, 3.05) is 26.4 Å². The lowest BCUT2D eigenvalue weighted by Crippen LogP contribution is -2.24. The van der Waals surface area contributed by atoms with Gasteiger partial charge < -0.3 is 30.4 Å². The first-order valence-corrected chi connectivity index (χ1v) is 9.19. The van der Waals surface area contributed by atoms with E-state index in [1.54, 1.807) is 0 Å². The molecule has 0 aliphatic rings. The Hall–Kier alpha value is -3.75. The van der Waals surface area contributed by atoms with Crippen molar-refractivity contribution in [2.45, 2.75) is 11.8 Å². The third kappa shape index (κ3) is 8.09. The van der Waals surface area contributed by atoms with Gasteiger partial charge in [-0.2, -0.15) is 0 Å². The molecule has 160 valence electrons. The van der Waals surface area contributed by atoms with Gasteiger partial charge in [0.2, 0.25) is 0 Å². The number of carbonyl (C=O) groups is 3. The first-order valence-electron chi connectivity index (χ1n) is 9.19. The van der Waals surface area contributed by atoms with E-state index in [0.29, 0.717) is 0 Å². The standard InChI is InChI=1S/C21H24N2O7/c22-19(24)27-11-17(15-7-3-1-4-8-15)13-29-21(26)30-14-18(12-28-20(23)25)16-9-5-2-6-10-16/h1-10,17-18H,11-14H2,(H2,22,24)(H2,23,25). The lowest BCUT2D eigenvalue weighted by Gasteiger charge is -2.19. The Balaban J connectivity index is 1.91. The molecule has 0 aromatic heterocycles. The maximum atomic E-state index is 12.1. The lowest BCUT2D eigenvalue weighted by molar-refractivity contribution is 0.0361. The van der Waals surface area contributed by atoms with Crippen molar-refractivity contribution in [3.05, 3.63) is 71.8 Å². The SMILES string of the molecule is NC(=O)OCC(COC(=O)OCC(COC(N)=O)c1ccccc1)c1ccccc1. The molecular weight excluding hydrogens is 392 g/mol. The molecule has 2 rings (SSSR count). The third-order valence-electron chi connectivity index (χ3n) is 4.20. The molecule has 0 heterocycles. The van der Waals surface area contributed by atoms with E-state index in [4.69, 9.17) is 30.4 Å². The van der Waals surface area contributed by atoms with E-state index in [2.05, 4.69) is 0 Å². The van der Waals surface area contributed by atoms with Crippen molar-refractivity contribution in [2.24, 2.45) is 11.5 Å². The smallest absolute Gasteiger partial charge is 0.449 e. The van der Waals surface area contributed by atoms with E-state index in [1.807, 2.05) is 60.7 Å². The number of hydrogen-bond donors (Lipinski definition) is 2. The van der Waals surface area contributed by atoms with Crippen molar-refractivity contribution in [1.29, 1.82) is 0 Å². The number of rotatable bonds is 10. The second kappa shape index (κ2) is 11.9. The molecule has 0 fully saturated rings. The van der Waals surface area contributed by atoms with E-state index in [1.165, 1.54) is 0 Å². The summed E-state index contributed by atoms with van der Waals surface area (Å²) < 4.78 is 20.0. The highest BCUT2D eigenvalue weighted by molar-refractivity contribution is 5.65. The van der Waals surface area contributed by atoms with Crippen LogP contribution in [0, 0.1) is 0 Å². The molecule has 0 spiro atoms. The molecule has 2 amide bonds. The number of hydrogen-bond acceptors (Lipinski definition) is 7. The zero-order valence-corrected chi connectivity index (χ0v) is 16.3. The lowest BCUT2D eigenvalue weighted by atomic mass is 10.0. The molecule has 30 heavy (non-hydrogen) atoms. The van der Waals surface area contributed by atoms with Crippen LogP contribution in [-0.2, 0) is 18.9 Å². The molecule has 4 N–H and O–H groups in total. The second-order valence-electron chi connectivity index (χ2n) is 6.35. The van der Waals surface area contributed by atoms with Crippen LogP contribution in [0.5, 0.6) is 0 Å². The molecule has 2 atom stereocenters. The third-order valence-corrected chi connectivity index (χ3v) is 4.20. The fraction of sp³-hybridized carbons (Fsp3) is 0.286. The Labute approximate surface area is 173 Å². The monoisotopic (exact) mass is 416 g/mol. The van der Waals surface area contributed by atoms with Crippen LogP contribution in [0.25, 0.3) is 0 Å². The highest BCUT2D eigenvalue weighted by atomic mass is 16.7. The van der Waals surface area contributed by atoms with Crippen LogP contribution in [0.3, 0.4) is 0 Å². The van der Waals surface area contributed by atoms with Crippen molar-refractivity contribution < 1.29 is 33.3 Å². The normalized spacial score (nSPS) is 12.3. The maximum Gasteiger partial charge on any atom is 0.508 e. The van der Waals surface area contributed by atoms with Crippen LogP contribution in [-0.4, -0.2) is 44.8 Å². The number of benzene rings is 2. The fourth-order valence-corrected chi connectivity index (χ4v) is 2.68. The van der Waals surface area contributed by atoms with Crippen LogP contribution >= 0.6 is 0 Å². The van der Waals surface area contributed by atoms with Crippen LogP contribution in [0.15, 0.2) is 60.7 Å². The van der Waals surface area contributed by atoms with E-state index in [-0.39, 0.29) is 26.4 Å². The van der Waals surface area contributed by atoms with Crippen molar-refractivity contribution in [1.82, 2.24) is 0 Å². The van der Waals surface area contributed by atoms with Crippen LogP contribution < -0.4 is 11.5 Å². The van der Waals surface area contributed by atoms with E-state index >= 15 is 0 Å². The molecule has 9 heteroatoms. The summed E-state index contributed by atoms with van der Waals surface area (Å²) in [5.41, 5.74) is 11.7. The number of ether oxygens (including phenoxy) is 4. The number of primary amides is 2. The minimum atomic E-state index is -0.918. The summed E-state index contributed by atoms with van der Waals surface area (Å²) in [7, 11) is 0. The summed E-state index contributed by atoms with van der Waals surface area (Å²) in [4.78, 5) is 33.9. The Kier molecular flexibility index (Phi) is 8.98.